The Morgan fingerprint density at radius 2 is 2.04 bits per heavy atom. The molecule has 2 heterocycles. The minimum atomic E-state index is -0.257. The van der Waals surface area contributed by atoms with Crippen molar-refractivity contribution in [3.8, 4) is 0 Å². The smallest absolute Gasteiger partial charge is 0.225 e. The van der Waals surface area contributed by atoms with Gasteiger partial charge in [0, 0.05) is 38.5 Å². The fourth-order valence-corrected chi connectivity index (χ4v) is 3.39. The number of hydrogen-bond acceptors (Lipinski definition) is 3. The number of nitrogens with zero attached hydrogens (tertiary/aromatic N) is 3. The van der Waals surface area contributed by atoms with Crippen LogP contribution in [0.1, 0.15) is 33.0 Å². The summed E-state index contributed by atoms with van der Waals surface area (Å²) in [4.78, 5) is 30.9. The fraction of sp³-hybridized carbons (Fsp3) is 0.526. The Morgan fingerprint density at radius 1 is 1.32 bits per heavy atom. The summed E-state index contributed by atoms with van der Waals surface area (Å²) in [5.41, 5.74) is 1.82. The average molecular weight is 342 g/mol. The number of likely N-dealkylation sites (tertiary alicyclic amines) is 1. The third-order valence-electron chi connectivity index (χ3n) is 4.83. The van der Waals surface area contributed by atoms with Gasteiger partial charge in [0.1, 0.15) is 5.82 Å². The quantitative estimate of drug-likeness (QED) is 0.922. The average Bonchev–Trinajstić information content (AvgIpc) is 3.09. The van der Waals surface area contributed by atoms with Gasteiger partial charge >= 0.3 is 0 Å². The number of amides is 2. The third-order valence-corrected chi connectivity index (χ3v) is 4.83. The first-order chi connectivity index (χ1) is 11.8. The van der Waals surface area contributed by atoms with E-state index in [4.69, 9.17) is 0 Å². The number of rotatable bonds is 4. The molecule has 6 heteroatoms. The van der Waals surface area contributed by atoms with E-state index in [1.54, 1.807) is 4.90 Å². The zero-order valence-corrected chi connectivity index (χ0v) is 15.4. The summed E-state index contributed by atoms with van der Waals surface area (Å²) in [5, 5.41) is 2.97. The van der Waals surface area contributed by atoms with E-state index in [2.05, 4.69) is 14.9 Å². The maximum Gasteiger partial charge on any atom is 0.225 e. The van der Waals surface area contributed by atoms with E-state index in [1.807, 2.05) is 52.1 Å². The van der Waals surface area contributed by atoms with Crippen LogP contribution in [0.3, 0.4) is 0 Å². The molecule has 0 aliphatic carbocycles. The second kappa shape index (κ2) is 6.50. The minimum Gasteiger partial charge on any atom is -0.355 e. The predicted octanol–water partition coefficient (Wildman–Crippen LogP) is 1.88. The molecule has 2 aromatic rings. The van der Waals surface area contributed by atoms with Gasteiger partial charge in [0.25, 0.3) is 0 Å². The molecule has 1 fully saturated rings. The molecule has 1 aliphatic rings. The monoisotopic (exact) mass is 342 g/mol. The maximum atomic E-state index is 12.4. The van der Waals surface area contributed by atoms with Gasteiger partial charge in [-0.2, -0.15) is 0 Å². The minimum absolute atomic E-state index is 0.0427. The van der Waals surface area contributed by atoms with Crippen LogP contribution in [0.2, 0.25) is 0 Å². The molecule has 0 radical (unpaired) electrons. The summed E-state index contributed by atoms with van der Waals surface area (Å²) in [6.45, 7) is 7.02. The second-order valence-electron chi connectivity index (χ2n) is 7.69. The van der Waals surface area contributed by atoms with Gasteiger partial charge in [-0.15, -0.1) is 0 Å². The van der Waals surface area contributed by atoms with Gasteiger partial charge < -0.3 is 14.8 Å². The highest BCUT2D eigenvalue weighted by Gasteiger charge is 2.39. The van der Waals surface area contributed by atoms with Crippen LogP contribution < -0.4 is 5.32 Å². The van der Waals surface area contributed by atoms with Crippen molar-refractivity contribution in [1.29, 1.82) is 0 Å². The van der Waals surface area contributed by atoms with Crippen LogP contribution in [-0.4, -0.2) is 44.9 Å². The molecule has 1 aromatic heterocycles. The number of carbonyl (C=O) groups excluding carboxylic acids is 2. The first-order valence-electron chi connectivity index (χ1n) is 8.76. The van der Waals surface area contributed by atoms with Crippen molar-refractivity contribution in [3.05, 3.63) is 30.1 Å². The Morgan fingerprint density at radius 3 is 2.68 bits per heavy atom. The summed E-state index contributed by atoms with van der Waals surface area (Å²) in [5.74, 6) is 0.703. The lowest BCUT2D eigenvalue weighted by Crippen LogP contribution is -2.43. The zero-order chi connectivity index (χ0) is 18.2. The molecule has 1 atom stereocenters. The van der Waals surface area contributed by atoms with Gasteiger partial charge in [0.2, 0.25) is 11.8 Å². The molecule has 1 aliphatic heterocycles. The third kappa shape index (κ3) is 3.52. The van der Waals surface area contributed by atoms with Crippen LogP contribution in [0, 0.1) is 5.92 Å². The Hall–Kier alpha value is -2.37. The summed E-state index contributed by atoms with van der Waals surface area (Å²) >= 11 is 0. The molecular formula is C19H26N4O2. The van der Waals surface area contributed by atoms with Crippen molar-refractivity contribution in [1.82, 2.24) is 19.8 Å². The van der Waals surface area contributed by atoms with Crippen molar-refractivity contribution >= 4 is 22.8 Å². The van der Waals surface area contributed by atoms with Crippen LogP contribution in [-0.2, 0) is 23.1 Å². The Bertz CT molecular complexity index is 803. The van der Waals surface area contributed by atoms with E-state index in [-0.39, 0.29) is 23.3 Å². The molecule has 0 saturated carbocycles. The first kappa shape index (κ1) is 17.5. The lowest BCUT2D eigenvalue weighted by Gasteiger charge is -2.31. The highest BCUT2D eigenvalue weighted by atomic mass is 16.2. The van der Waals surface area contributed by atoms with Crippen LogP contribution >= 0.6 is 0 Å². The van der Waals surface area contributed by atoms with Crippen molar-refractivity contribution in [2.24, 2.45) is 13.0 Å². The molecule has 25 heavy (non-hydrogen) atoms. The van der Waals surface area contributed by atoms with E-state index in [0.29, 0.717) is 25.9 Å². The summed E-state index contributed by atoms with van der Waals surface area (Å²) in [6.07, 6.45) is 0.968. The number of imidazole rings is 1. The lowest BCUT2D eigenvalue weighted by atomic mass is 10.1. The van der Waals surface area contributed by atoms with Gasteiger partial charge in [-0.05, 0) is 32.9 Å². The van der Waals surface area contributed by atoms with Crippen LogP contribution in [0.4, 0.5) is 0 Å². The highest BCUT2D eigenvalue weighted by molar-refractivity contribution is 5.89. The SMILES string of the molecule is Cn1c(CCNC(=O)C2CC(=O)N(C(C)(C)C)C2)nc2ccccc21. The van der Waals surface area contributed by atoms with Gasteiger partial charge in [-0.3, -0.25) is 9.59 Å². The molecule has 2 amide bonds. The number of carbonyl (C=O) groups is 2. The predicted molar refractivity (Wildman–Crippen MR) is 97.0 cm³/mol. The lowest BCUT2D eigenvalue weighted by molar-refractivity contribution is -0.132. The molecule has 1 N–H and O–H groups in total. The number of aromatic nitrogens is 2. The highest BCUT2D eigenvalue weighted by Crippen LogP contribution is 2.25. The summed E-state index contributed by atoms with van der Waals surface area (Å²) < 4.78 is 2.06. The summed E-state index contributed by atoms with van der Waals surface area (Å²) in [6, 6.07) is 7.99. The number of aryl methyl sites for hydroxylation is 1. The molecule has 6 nitrogen and oxygen atoms in total. The van der Waals surface area contributed by atoms with E-state index < -0.39 is 0 Å². The van der Waals surface area contributed by atoms with Crippen molar-refractivity contribution in [2.45, 2.75) is 39.2 Å². The van der Waals surface area contributed by atoms with Crippen LogP contribution in [0.5, 0.6) is 0 Å². The Labute approximate surface area is 148 Å². The van der Waals surface area contributed by atoms with Crippen molar-refractivity contribution < 1.29 is 9.59 Å². The van der Waals surface area contributed by atoms with E-state index in [0.717, 1.165) is 16.9 Å². The van der Waals surface area contributed by atoms with Crippen molar-refractivity contribution in [2.75, 3.05) is 13.1 Å². The molecular weight excluding hydrogens is 316 g/mol. The fourth-order valence-electron chi connectivity index (χ4n) is 3.39. The molecule has 3 rings (SSSR count). The van der Waals surface area contributed by atoms with Gasteiger partial charge in [0.05, 0.1) is 17.0 Å². The molecule has 1 unspecified atom stereocenters. The number of para-hydroxylation sites is 2. The van der Waals surface area contributed by atoms with E-state index in [9.17, 15) is 9.59 Å². The topological polar surface area (TPSA) is 67.2 Å². The second-order valence-corrected chi connectivity index (χ2v) is 7.69. The van der Waals surface area contributed by atoms with Crippen molar-refractivity contribution in [3.63, 3.8) is 0 Å². The molecule has 134 valence electrons. The van der Waals surface area contributed by atoms with Gasteiger partial charge in [-0.1, -0.05) is 12.1 Å². The largest absolute Gasteiger partial charge is 0.355 e. The number of hydrogen-bond donors (Lipinski definition) is 1. The molecule has 1 aromatic carbocycles. The number of benzene rings is 1. The van der Waals surface area contributed by atoms with Crippen LogP contribution in [0.15, 0.2) is 24.3 Å². The Balaban J connectivity index is 1.56. The molecule has 0 bridgehead atoms. The van der Waals surface area contributed by atoms with Gasteiger partial charge in [0.15, 0.2) is 0 Å². The molecule has 0 spiro atoms. The number of nitrogens with one attached hydrogen (secondary N) is 1. The first-order valence-corrected chi connectivity index (χ1v) is 8.76. The Kier molecular flexibility index (Phi) is 4.54. The van der Waals surface area contributed by atoms with E-state index in [1.165, 1.54) is 0 Å². The van der Waals surface area contributed by atoms with Crippen LogP contribution in [0.25, 0.3) is 11.0 Å². The number of fused-ring (bicyclic) bond motifs is 1. The standard InChI is InChI=1S/C19H26N4O2/c1-19(2,3)23-12-13(11-17(23)24)18(25)20-10-9-16-21-14-7-5-6-8-15(14)22(16)4/h5-8,13H,9-12H2,1-4H3,(H,20,25). The molecule has 1 saturated heterocycles. The maximum absolute atomic E-state index is 12.4. The van der Waals surface area contributed by atoms with Gasteiger partial charge in [-0.25, -0.2) is 4.98 Å². The normalized spacial score (nSPS) is 18.2. The van der Waals surface area contributed by atoms with E-state index >= 15 is 0 Å². The summed E-state index contributed by atoms with van der Waals surface area (Å²) in [7, 11) is 1.99. The zero-order valence-electron chi connectivity index (χ0n) is 15.4.